The number of ether oxygens (including phenoxy) is 1. The van der Waals surface area contributed by atoms with Gasteiger partial charge in [-0.2, -0.15) is 0 Å². The Balaban J connectivity index is 2.02. The molecule has 1 aromatic rings. The summed E-state index contributed by atoms with van der Waals surface area (Å²) in [6, 6.07) is 8.25. The molecular formula is C14H19NO3. The fraction of sp³-hybridized carbons (Fsp3) is 0.500. The van der Waals surface area contributed by atoms with Crippen molar-refractivity contribution in [3.63, 3.8) is 0 Å². The van der Waals surface area contributed by atoms with Crippen molar-refractivity contribution in [1.29, 1.82) is 0 Å². The number of carboxylic acid groups (broad SMARTS) is 1. The topological polar surface area (TPSA) is 49.8 Å². The van der Waals surface area contributed by atoms with Gasteiger partial charge < -0.3 is 14.7 Å². The number of hydrogen-bond donors (Lipinski definition) is 1. The molecule has 0 radical (unpaired) electrons. The van der Waals surface area contributed by atoms with Crippen LogP contribution in [0.5, 0.6) is 0 Å². The van der Waals surface area contributed by atoms with Gasteiger partial charge in [-0.05, 0) is 24.5 Å². The zero-order chi connectivity index (χ0) is 12.8. The van der Waals surface area contributed by atoms with Gasteiger partial charge in [-0.25, -0.2) is 0 Å². The number of anilines is 1. The van der Waals surface area contributed by atoms with Gasteiger partial charge in [-0.3, -0.25) is 4.79 Å². The smallest absolute Gasteiger partial charge is 0.303 e. The molecule has 1 heterocycles. The number of aryl methyl sites for hydroxylation is 1. The molecule has 98 valence electrons. The van der Waals surface area contributed by atoms with Crippen LogP contribution >= 0.6 is 0 Å². The molecule has 4 heteroatoms. The number of carboxylic acids is 1. The molecule has 1 saturated heterocycles. The molecule has 18 heavy (non-hydrogen) atoms. The van der Waals surface area contributed by atoms with E-state index in [1.54, 1.807) is 0 Å². The Labute approximate surface area is 107 Å². The fourth-order valence-corrected chi connectivity index (χ4v) is 2.27. The highest BCUT2D eigenvalue weighted by atomic mass is 16.5. The standard InChI is InChI=1S/C14H19NO3/c16-14(17)7-3-5-12-4-1-2-6-13(12)15-8-10-18-11-9-15/h1-2,4,6H,3,5,7-11H2,(H,16,17). The molecule has 1 aliphatic rings. The van der Waals surface area contributed by atoms with Crippen LogP contribution in [0, 0.1) is 0 Å². The zero-order valence-corrected chi connectivity index (χ0v) is 10.5. The molecule has 1 fully saturated rings. The molecule has 4 nitrogen and oxygen atoms in total. The van der Waals surface area contributed by atoms with Gasteiger partial charge in [-0.1, -0.05) is 18.2 Å². The summed E-state index contributed by atoms with van der Waals surface area (Å²) in [5.41, 5.74) is 2.46. The van der Waals surface area contributed by atoms with E-state index in [1.807, 2.05) is 12.1 Å². The first kappa shape index (κ1) is 12.9. The van der Waals surface area contributed by atoms with E-state index in [0.29, 0.717) is 6.42 Å². The van der Waals surface area contributed by atoms with Gasteiger partial charge in [0.15, 0.2) is 0 Å². The number of nitrogens with zero attached hydrogens (tertiary/aromatic N) is 1. The van der Waals surface area contributed by atoms with Gasteiger partial charge in [0.1, 0.15) is 0 Å². The molecule has 0 bridgehead atoms. The average molecular weight is 249 g/mol. The Kier molecular flexibility index (Phi) is 4.59. The molecule has 0 unspecified atom stereocenters. The third kappa shape index (κ3) is 3.47. The van der Waals surface area contributed by atoms with E-state index in [-0.39, 0.29) is 6.42 Å². The van der Waals surface area contributed by atoms with Crippen molar-refractivity contribution in [2.75, 3.05) is 31.2 Å². The van der Waals surface area contributed by atoms with Crippen molar-refractivity contribution >= 4 is 11.7 Å². The van der Waals surface area contributed by atoms with Crippen LogP contribution < -0.4 is 4.90 Å². The molecule has 1 aromatic carbocycles. The highest BCUT2D eigenvalue weighted by Gasteiger charge is 2.14. The summed E-state index contributed by atoms with van der Waals surface area (Å²) in [7, 11) is 0. The Morgan fingerprint density at radius 2 is 2.00 bits per heavy atom. The summed E-state index contributed by atoms with van der Waals surface area (Å²) in [5, 5.41) is 8.68. The Morgan fingerprint density at radius 1 is 1.28 bits per heavy atom. The Hall–Kier alpha value is -1.55. The second-order valence-corrected chi connectivity index (χ2v) is 4.48. The summed E-state index contributed by atoms with van der Waals surface area (Å²) < 4.78 is 5.35. The second kappa shape index (κ2) is 6.40. The van der Waals surface area contributed by atoms with Gasteiger partial charge >= 0.3 is 5.97 Å². The third-order valence-corrected chi connectivity index (χ3v) is 3.18. The normalized spacial score (nSPS) is 15.7. The summed E-state index contributed by atoms with van der Waals surface area (Å²) in [6.07, 6.45) is 1.74. The number of morpholine rings is 1. The van der Waals surface area contributed by atoms with Gasteiger partial charge in [0.05, 0.1) is 13.2 Å². The van der Waals surface area contributed by atoms with Crippen LogP contribution in [0.3, 0.4) is 0 Å². The van der Waals surface area contributed by atoms with Crippen molar-refractivity contribution in [1.82, 2.24) is 0 Å². The lowest BCUT2D eigenvalue weighted by Gasteiger charge is -2.30. The van der Waals surface area contributed by atoms with Crippen molar-refractivity contribution in [3.8, 4) is 0 Å². The lowest BCUT2D eigenvalue weighted by atomic mass is 10.0. The number of hydrogen-bond acceptors (Lipinski definition) is 3. The van der Waals surface area contributed by atoms with E-state index >= 15 is 0 Å². The Bertz CT molecular complexity index is 400. The second-order valence-electron chi connectivity index (χ2n) is 4.48. The first-order valence-electron chi connectivity index (χ1n) is 6.40. The maximum Gasteiger partial charge on any atom is 0.303 e. The van der Waals surface area contributed by atoms with Crippen molar-refractivity contribution in [3.05, 3.63) is 29.8 Å². The van der Waals surface area contributed by atoms with Crippen molar-refractivity contribution < 1.29 is 14.6 Å². The molecule has 0 amide bonds. The van der Waals surface area contributed by atoms with Gasteiger partial charge in [0, 0.05) is 25.2 Å². The lowest BCUT2D eigenvalue weighted by molar-refractivity contribution is -0.137. The van der Waals surface area contributed by atoms with Crippen LogP contribution in [0.4, 0.5) is 5.69 Å². The first-order valence-corrected chi connectivity index (χ1v) is 6.40. The average Bonchev–Trinajstić information content (AvgIpc) is 2.40. The van der Waals surface area contributed by atoms with Crippen LogP contribution in [0.2, 0.25) is 0 Å². The first-order chi connectivity index (χ1) is 8.77. The molecule has 0 aliphatic carbocycles. The van der Waals surface area contributed by atoms with Gasteiger partial charge in [-0.15, -0.1) is 0 Å². The SMILES string of the molecule is O=C(O)CCCc1ccccc1N1CCOCC1. The molecule has 0 aromatic heterocycles. The van der Waals surface area contributed by atoms with E-state index in [1.165, 1.54) is 11.3 Å². The van der Waals surface area contributed by atoms with Gasteiger partial charge in [0.2, 0.25) is 0 Å². The minimum Gasteiger partial charge on any atom is -0.481 e. The predicted molar refractivity (Wildman–Crippen MR) is 70.0 cm³/mol. The van der Waals surface area contributed by atoms with E-state index in [9.17, 15) is 4.79 Å². The minimum absolute atomic E-state index is 0.234. The summed E-state index contributed by atoms with van der Waals surface area (Å²) in [6.45, 7) is 3.36. The minimum atomic E-state index is -0.723. The molecule has 1 aliphatic heterocycles. The predicted octanol–water partition coefficient (Wildman–Crippen LogP) is 1.93. The molecule has 2 rings (SSSR count). The fourth-order valence-electron chi connectivity index (χ4n) is 2.27. The maximum atomic E-state index is 10.5. The molecule has 0 atom stereocenters. The third-order valence-electron chi connectivity index (χ3n) is 3.18. The zero-order valence-electron chi connectivity index (χ0n) is 10.5. The Morgan fingerprint density at radius 3 is 2.72 bits per heavy atom. The van der Waals surface area contributed by atoms with Crippen LogP contribution in [0.15, 0.2) is 24.3 Å². The monoisotopic (exact) mass is 249 g/mol. The summed E-state index contributed by atoms with van der Waals surface area (Å²) >= 11 is 0. The van der Waals surface area contributed by atoms with Crippen LogP contribution in [0.25, 0.3) is 0 Å². The number of benzene rings is 1. The van der Waals surface area contributed by atoms with Crippen LogP contribution in [-0.2, 0) is 16.0 Å². The molecular weight excluding hydrogens is 230 g/mol. The van der Waals surface area contributed by atoms with E-state index in [4.69, 9.17) is 9.84 Å². The van der Waals surface area contributed by atoms with E-state index in [0.717, 1.165) is 32.7 Å². The highest BCUT2D eigenvalue weighted by molar-refractivity contribution is 5.66. The number of aliphatic carboxylic acids is 1. The maximum absolute atomic E-state index is 10.5. The number of carbonyl (C=O) groups is 1. The van der Waals surface area contributed by atoms with E-state index < -0.39 is 5.97 Å². The largest absolute Gasteiger partial charge is 0.481 e. The molecule has 1 N–H and O–H groups in total. The summed E-state index contributed by atoms with van der Waals surface area (Å²) in [5.74, 6) is -0.723. The van der Waals surface area contributed by atoms with Crippen molar-refractivity contribution in [2.24, 2.45) is 0 Å². The van der Waals surface area contributed by atoms with Crippen LogP contribution in [-0.4, -0.2) is 37.4 Å². The quantitative estimate of drug-likeness (QED) is 0.866. The van der Waals surface area contributed by atoms with Crippen molar-refractivity contribution in [2.45, 2.75) is 19.3 Å². The number of para-hydroxylation sites is 1. The molecule has 0 saturated carbocycles. The number of rotatable bonds is 5. The molecule has 0 spiro atoms. The summed E-state index contributed by atoms with van der Waals surface area (Å²) in [4.78, 5) is 12.9. The lowest BCUT2D eigenvalue weighted by Crippen LogP contribution is -2.36. The highest BCUT2D eigenvalue weighted by Crippen LogP contribution is 2.23. The van der Waals surface area contributed by atoms with Crippen LogP contribution in [0.1, 0.15) is 18.4 Å². The van der Waals surface area contributed by atoms with E-state index in [2.05, 4.69) is 17.0 Å². The van der Waals surface area contributed by atoms with Gasteiger partial charge in [0.25, 0.3) is 0 Å².